The van der Waals surface area contributed by atoms with Crippen molar-refractivity contribution in [3.05, 3.63) is 100 Å². The Kier molecular flexibility index (Phi) is 4.58. The highest BCUT2D eigenvalue weighted by atomic mass is 32.2. The van der Waals surface area contributed by atoms with Gasteiger partial charge in [0.1, 0.15) is 11.1 Å². The van der Waals surface area contributed by atoms with Crippen molar-refractivity contribution in [2.75, 3.05) is 5.32 Å². The molecule has 1 unspecified atom stereocenters. The van der Waals surface area contributed by atoms with E-state index in [0.29, 0.717) is 11.3 Å². The summed E-state index contributed by atoms with van der Waals surface area (Å²) in [6, 6.07) is 22.0. The monoisotopic (exact) mass is 395 g/mol. The largest absolute Gasteiger partial charge is 0.364 e. The summed E-state index contributed by atoms with van der Waals surface area (Å²) in [4.78, 5) is 10.7. The number of nitrogens with zero attached hydrogens (tertiary/aromatic N) is 2. The normalized spacial score (nSPS) is 18.1. The molecule has 142 valence electrons. The molecule has 1 atom stereocenters. The molecule has 0 aliphatic carbocycles. The van der Waals surface area contributed by atoms with E-state index in [1.807, 2.05) is 30.3 Å². The molecule has 1 aliphatic rings. The number of hydrogen-bond acceptors (Lipinski definition) is 5. The molecule has 7 nitrogen and oxygen atoms in total. The summed E-state index contributed by atoms with van der Waals surface area (Å²) < 4.78 is 28.1. The van der Waals surface area contributed by atoms with E-state index in [2.05, 4.69) is 5.32 Å². The van der Waals surface area contributed by atoms with Crippen LogP contribution in [0.4, 0.5) is 11.4 Å². The summed E-state index contributed by atoms with van der Waals surface area (Å²) in [5.41, 5.74) is 1.94. The molecule has 3 aromatic rings. The zero-order valence-corrected chi connectivity index (χ0v) is 15.5. The average Bonchev–Trinajstić information content (AvgIpc) is 2.71. The molecule has 28 heavy (non-hydrogen) atoms. The lowest BCUT2D eigenvalue weighted by Gasteiger charge is -2.37. The Labute approximate surface area is 162 Å². The number of nitro groups is 1. The minimum atomic E-state index is -3.77. The van der Waals surface area contributed by atoms with Gasteiger partial charge < -0.3 is 5.32 Å². The van der Waals surface area contributed by atoms with E-state index < -0.39 is 21.1 Å². The SMILES string of the molecule is O=[N+]([O-])c1ccc(C2Nc3ccccc3S(=O)(=O)N2Cc2ccccc2)cc1. The number of non-ortho nitro benzene ring substituents is 1. The second-order valence-corrected chi connectivity index (χ2v) is 8.29. The lowest BCUT2D eigenvalue weighted by Crippen LogP contribution is -2.42. The molecule has 0 aromatic heterocycles. The molecule has 8 heteroatoms. The number of anilines is 1. The number of rotatable bonds is 4. The predicted molar refractivity (Wildman–Crippen MR) is 105 cm³/mol. The summed E-state index contributed by atoms with van der Waals surface area (Å²) >= 11 is 0. The highest BCUT2D eigenvalue weighted by Gasteiger charge is 2.38. The summed E-state index contributed by atoms with van der Waals surface area (Å²) in [5, 5.41) is 14.2. The Morgan fingerprint density at radius 3 is 2.25 bits per heavy atom. The smallest absolute Gasteiger partial charge is 0.269 e. The van der Waals surface area contributed by atoms with Crippen molar-refractivity contribution in [1.29, 1.82) is 0 Å². The fraction of sp³-hybridized carbons (Fsp3) is 0.100. The Balaban J connectivity index is 1.81. The third-order valence-electron chi connectivity index (χ3n) is 4.65. The van der Waals surface area contributed by atoms with Gasteiger partial charge >= 0.3 is 0 Å². The first kappa shape index (κ1) is 18.1. The molecule has 0 saturated heterocycles. The van der Waals surface area contributed by atoms with Gasteiger partial charge in [0.15, 0.2) is 0 Å². The molecule has 0 bridgehead atoms. The van der Waals surface area contributed by atoms with Crippen molar-refractivity contribution < 1.29 is 13.3 Å². The van der Waals surface area contributed by atoms with Gasteiger partial charge in [-0.2, -0.15) is 4.31 Å². The number of benzene rings is 3. The van der Waals surface area contributed by atoms with Crippen LogP contribution >= 0.6 is 0 Å². The van der Waals surface area contributed by atoms with E-state index in [1.165, 1.54) is 16.4 Å². The van der Waals surface area contributed by atoms with Crippen molar-refractivity contribution in [2.45, 2.75) is 17.6 Å². The maximum atomic E-state index is 13.3. The molecule has 1 heterocycles. The van der Waals surface area contributed by atoms with Gasteiger partial charge in [0.2, 0.25) is 10.0 Å². The molecule has 0 fully saturated rings. The van der Waals surface area contributed by atoms with E-state index >= 15 is 0 Å². The third kappa shape index (κ3) is 3.23. The highest BCUT2D eigenvalue weighted by Crippen LogP contribution is 2.39. The highest BCUT2D eigenvalue weighted by molar-refractivity contribution is 7.89. The van der Waals surface area contributed by atoms with Crippen molar-refractivity contribution >= 4 is 21.4 Å². The maximum absolute atomic E-state index is 13.3. The molecule has 0 amide bonds. The van der Waals surface area contributed by atoms with E-state index in [0.717, 1.165) is 5.56 Å². The minimum Gasteiger partial charge on any atom is -0.364 e. The van der Waals surface area contributed by atoms with Gasteiger partial charge in [0.05, 0.1) is 10.6 Å². The van der Waals surface area contributed by atoms with Gasteiger partial charge in [-0.1, -0.05) is 42.5 Å². The minimum absolute atomic E-state index is 0.0440. The van der Waals surface area contributed by atoms with E-state index in [-0.39, 0.29) is 17.1 Å². The first-order valence-corrected chi connectivity index (χ1v) is 10.1. The van der Waals surface area contributed by atoms with Gasteiger partial charge in [0, 0.05) is 18.7 Å². The molecular formula is C20H17N3O4S. The Morgan fingerprint density at radius 2 is 1.57 bits per heavy atom. The van der Waals surface area contributed by atoms with Crippen LogP contribution in [0.15, 0.2) is 83.8 Å². The van der Waals surface area contributed by atoms with Crippen LogP contribution in [-0.4, -0.2) is 17.6 Å². The number of sulfonamides is 1. The number of nitrogens with one attached hydrogen (secondary N) is 1. The molecule has 1 aliphatic heterocycles. The zero-order valence-electron chi connectivity index (χ0n) is 14.7. The lowest BCUT2D eigenvalue weighted by molar-refractivity contribution is -0.384. The first-order chi connectivity index (χ1) is 13.5. The van der Waals surface area contributed by atoms with Gasteiger partial charge in [-0.25, -0.2) is 8.42 Å². The molecular weight excluding hydrogens is 378 g/mol. The van der Waals surface area contributed by atoms with Crippen LogP contribution in [0.3, 0.4) is 0 Å². The molecule has 4 rings (SSSR count). The predicted octanol–water partition coefficient (Wildman–Crippen LogP) is 3.91. The van der Waals surface area contributed by atoms with E-state index in [1.54, 1.807) is 36.4 Å². The van der Waals surface area contributed by atoms with Crippen LogP contribution in [0.1, 0.15) is 17.3 Å². The maximum Gasteiger partial charge on any atom is 0.269 e. The van der Waals surface area contributed by atoms with Crippen LogP contribution < -0.4 is 5.32 Å². The van der Waals surface area contributed by atoms with E-state index in [9.17, 15) is 18.5 Å². The number of para-hydroxylation sites is 1. The van der Waals surface area contributed by atoms with Gasteiger partial charge in [0.25, 0.3) is 5.69 Å². The molecule has 0 spiro atoms. The van der Waals surface area contributed by atoms with Gasteiger partial charge in [-0.05, 0) is 35.4 Å². The quantitative estimate of drug-likeness (QED) is 0.534. The second kappa shape index (κ2) is 7.06. The Morgan fingerprint density at radius 1 is 0.929 bits per heavy atom. The topological polar surface area (TPSA) is 92.5 Å². The van der Waals surface area contributed by atoms with Crippen molar-refractivity contribution in [3.63, 3.8) is 0 Å². The molecule has 3 aromatic carbocycles. The Bertz CT molecular complexity index is 1120. The van der Waals surface area contributed by atoms with E-state index in [4.69, 9.17) is 0 Å². The summed E-state index contributed by atoms with van der Waals surface area (Å²) in [5.74, 6) is 0. The summed E-state index contributed by atoms with van der Waals surface area (Å²) in [6.45, 7) is 0.173. The molecule has 0 radical (unpaired) electrons. The van der Waals surface area contributed by atoms with Crippen LogP contribution in [0.25, 0.3) is 0 Å². The van der Waals surface area contributed by atoms with Crippen LogP contribution in [0.5, 0.6) is 0 Å². The number of fused-ring (bicyclic) bond motifs is 1. The van der Waals surface area contributed by atoms with Crippen LogP contribution in [-0.2, 0) is 16.6 Å². The summed E-state index contributed by atoms with van der Waals surface area (Å²) in [6.07, 6.45) is -0.680. The summed E-state index contributed by atoms with van der Waals surface area (Å²) in [7, 11) is -3.77. The van der Waals surface area contributed by atoms with Gasteiger partial charge in [-0.3, -0.25) is 10.1 Å². The third-order valence-corrected chi connectivity index (χ3v) is 6.52. The van der Waals surface area contributed by atoms with Crippen molar-refractivity contribution in [2.24, 2.45) is 0 Å². The Hall–Kier alpha value is -3.23. The van der Waals surface area contributed by atoms with Crippen LogP contribution in [0, 0.1) is 10.1 Å². The number of nitro benzene ring substituents is 1. The fourth-order valence-corrected chi connectivity index (χ4v) is 4.94. The van der Waals surface area contributed by atoms with Crippen molar-refractivity contribution in [1.82, 2.24) is 4.31 Å². The standard InChI is InChI=1S/C20H17N3O4S/c24-23(25)17-12-10-16(11-13-17)20-21-18-8-4-5-9-19(18)28(26,27)22(20)14-15-6-2-1-3-7-15/h1-13,20-21H,14H2. The zero-order chi connectivity index (χ0) is 19.7. The molecule has 0 saturated carbocycles. The van der Waals surface area contributed by atoms with Gasteiger partial charge in [-0.15, -0.1) is 0 Å². The fourth-order valence-electron chi connectivity index (χ4n) is 3.26. The first-order valence-electron chi connectivity index (χ1n) is 8.62. The van der Waals surface area contributed by atoms with Crippen molar-refractivity contribution in [3.8, 4) is 0 Å². The number of hydrogen-bond donors (Lipinski definition) is 1. The average molecular weight is 395 g/mol. The van der Waals surface area contributed by atoms with Crippen LogP contribution in [0.2, 0.25) is 0 Å². The second-order valence-electron chi connectivity index (χ2n) is 6.43. The lowest BCUT2D eigenvalue weighted by atomic mass is 10.1. The molecule has 1 N–H and O–H groups in total.